The monoisotopic (exact) mass is 172 g/mol. The van der Waals surface area contributed by atoms with E-state index in [4.69, 9.17) is 5.11 Å². The largest absolute Gasteiger partial charge is 0.481 e. The molecule has 0 spiro atoms. The molecular formula is C9H16O3. The van der Waals surface area contributed by atoms with E-state index in [1.807, 2.05) is 0 Å². The molecule has 3 nitrogen and oxygen atoms in total. The van der Waals surface area contributed by atoms with Crippen molar-refractivity contribution in [3.63, 3.8) is 0 Å². The molecule has 2 N–H and O–H groups in total. The fourth-order valence-electron chi connectivity index (χ4n) is 1.27. The van der Waals surface area contributed by atoms with Crippen molar-refractivity contribution in [3.05, 3.63) is 12.7 Å². The molecule has 0 bridgehead atoms. The second-order valence-electron chi connectivity index (χ2n) is 2.85. The lowest BCUT2D eigenvalue weighted by atomic mass is 9.83. The van der Waals surface area contributed by atoms with E-state index >= 15 is 0 Å². The molecule has 0 saturated heterocycles. The maximum Gasteiger partial charge on any atom is 0.309 e. The normalized spacial score (nSPS) is 17.9. The molecule has 0 aliphatic rings. The van der Waals surface area contributed by atoms with Crippen LogP contribution >= 0.6 is 0 Å². The average Bonchev–Trinajstić information content (AvgIpc) is 2.04. The van der Waals surface area contributed by atoms with E-state index in [2.05, 4.69) is 6.58 Å². The second kappa shape index (κ2) is 4.26. The molecule has 0 aromatic carbocycles. The summed E-state index contributed by atoms with van der Waals surface area (Å²) in [7, 11) is 0. The van der Waals surface area contributed by atoms with Crippen LogP contribution in [0.4, 0.5) is 0 Å². The maximum absolute atomic E-state index is 10.7. The Kier molecular flexibility index (Phi) is 3.96. The van der Waals surface area contributed by atoms with Gasteiger partial charge in [0.2, 0.25) is 0 Å². The van der Waals surface area contributed by atoms with E-state index in [0.717, 1.165) is 0 Å². The Morgan fingerprint density at radius 2 is 2.17 bits per heavy atom. The van der Waals surface area contributed by atoms with Crippen molar-refractivity contribution in [2.24, 2.45) is 5.92 Å². The van der Waals surface area contributed by atoms with Crippen LogP contribution in [0.3, 0.4) is 0 Å². The van der Waals surface area contributed by atoms with E-state index in [-0.39, 0.29) is 0 Å². The molecule has 2 atom stereocenters. The van der Waals surface area contributed by atoms with Crippen molar-refractivity contribution in [2.75, 3.05) is 0 Å². The number of rotatable bonds is 5. The van der Waals surface area contributed by atoms with E-state index in [1.54, 1.807) is 13.8 Å². The van der Waals surface area contributed by atoms with Gasteiger partial charge in [-0.3, -0.25) is 4.79 Å². The lowest BCUT2D eigenvalue weighted by molar-refractivity contribution is -0.149. The van der Waals surface area contributed by atoms with E-state index in [1.165, 1.54) is 6.08 Å². The highest BCUT2D eigenvalue weighted by Crippen LogP contribution is 2.25. The average molecular weight is 172 g/mol. The van der Waals surface area contributed by atoms with Crippen LogP contribution in [0.2, 0.25) is 0 Å². The SMILES string of the molecule is C=CC(O)(CC)C(CC)C(=O)O. The summed E-state index contributed by atoms with van der Waals surface area (Å²) >= 11 is 0. The second-order valence-corrected chi connectivity index (χ2v) is 2.85. The van der Waals surface area contributed by atoms with Crippen LogP contribution in [-0.4, -0.2) is 21.8 Å². The molecule has 0 aromatic heterocycles. The molecule has 12 heavy (non-hydrogen) atoms. The summed E-state index contributed by atoms with van der Waals surface area (Å²) in [6.07, 6.45) is 2.10. The minimum absolute atomic E-state index is 0.376. The van der Waals surface area contributed by atoms with Crippen LogP contribution < -0.4 is 0 Å². The smallest absolute Gasteiger partial charge is 0.309 e. The fourth-order valence-corrected chi connectivity index (χ4v) is 1.27. The molecule has 0 rings (SSSR count). The van der Waals surface area contributed by atoms with Gasteiger partial charge in [0.15, 0.2) is 0 Å². The molecule has 0 radical (unpaired) electrons. The number of hydrogen-bond donors (Lipinski definition) is 2. The third-order valence-corrected chi connectivity index (χ3v) is 2.23. The van der Waals surface area contributed by atoms with Crippen LogP contribution in [-0.2, 0) is 4.79 Å². The molecule has 3 heteroatoms. The van der Waals surface area contributed by atoms with Gasteiger partial charge in [-0.2, -0.15) is 0 Å². The molecule has 0 fully saturated rings. The Labute approximate surface area is 72.7 Å². The highest BCUT2D eigenvalue weighted by Gasteiger charge is 2.35. The zero-order chi connectivity index (χ0) is 9.78. The number of carbonyl (C=O) groups is 1. The fraction of sp³-hybridized carbons (Fsp3) is 0.667. The van der Waals surface area contributed by atoms with Gasteiger partial charge >= 0.3 is 5.97 Å². The van der Waals surface area contributed by atoms with Crippen molar-refractivity contribution < 1.29 is 15.0 Å². The van der Waals surface area contributed by atoms with Crippen molar-refractivity contribution >= 4 is 5.97 Å². The van der Waals surface area contributed by atoms with Crippen LogP contribution in [0.5, 0.6) is 0 Å². The zero-order valence-corrected chi connectivity index (χ0v) is 7.58. The van der Waals surface area contributed by atoms with Gasteiger partial charge in [0.25, 0.3) is 0 Å². The van der Waals surface area contributed by atoms with Gasteiger partial charge in [-0.1, -0.05) is 19.9 Å². The standard InChI is InChI=1S/C9H16O3/c1-4-7(8(10)11)9(12,5-2)6-3/h5,7,12H,2,4,6H2,1,3H3,(H,10,11). The number of hydrogen-bond acceptors (Lipinski definition) is 2. The Morgan fingerprint density at radius 3 is 2.25 bits per heavy atom. The highest BCUT2D eigenvalue weighted by atomic mass is 16.4. The zero-order valence-electron chi connectivity index (χ0n) is 7.58. The quantitative estimate of drug-likeness (QED) is 0.617. The van der Waals surface area contributed by atoms with Gasteiger partial charge in [0, 0.05) is 0 Å². The van der Waals surface area contributed by atoms with Gasteiger partial charge in [0.1, 0.15) is 0 Å². The summed E-state index contributed by atoms with van der Waals surface area (Å²) in [5.74, 6) is -1.72. The van der Waals surface area contributed by atoms with Crippen LogP contribution in [0.1, 0.15) is 26.7 Å². The predicted molar refractivity (Wildman–Crippen MR) is 46.9 cm³/mol. The van der Waals surface area contributed by atoms with Gasteiger partial charge in [-0.15, -0.1) is 6.58 Å². The summed E-state index contributed by atoms with van der Waals surface area (Å²) < 4.78 is 0. The minimum atomic E-state index is -1.26. The molecule has 0 aliphatic heterocycles. The van der Waals surface area contributed by atoms with Crippen LogP contribution in [0.15, 0.2) is 12.7 Å². The molecule has 70 valence electrons. The number of carboxylic acid groups (broad SMARTS) is 1. The van der Waals surface area contributed by atoms with Crippen LogP contribution in [0.25, 0.3) is 0 Å². The first kappa shape index (κ1) is 11.2. The van der Waals surface area contributed by atoms with Crippen molar-refractivity contribution in [1.82, 2.24) is 0 Å². The van der Waals surface area contributed by atoms with E-state index in [9.17, 15) is 9.90 Å². The van der Waals surface area contributed by atoms with Gasteiger partial charge < -0.3 is 10.2 Å². The van der Waals surface area contributed by atoms with Gasteiger partial charge in [0.05, 0.1) is 11.5 Å². The first-order chi connectivity index (χ1) is 5.51. The minimum Gasteiger partial charge on any atom is -0.481 e. The van der Waals surface area contributed by atoms with Crippen molar-refractivity contribution in [3.8, 4) is 0 Å². The van der Waals surface area contributed by atoms with Crippen molar-refractivity contribution in [2.45, 2.75) is 32.3 Å². The topological polar surface area (TPSA) is 57.5 Å². The van der Waals surface area contributed by atoms with Gasteiger partial charge in [-0.25, -0.2) is 0 Å². The summed E-state index contributed by atoms with van der Waals surface area (Å²) in [6, 6.07) is 0. The van der Waals surface area contributed by atoms with Crippen molar-refractivity contribution in [1.29, 1.82) is 0 Å². The number of aliphatic carboxylic acids is 1. The highest BCUT2D eigenvalue weighted by molar-refractivity contribution is 5.72. The maximum atomic E-state index is 10.7. The van der Waals surface area contributed by atoms with Gasteiger partial charge in [-0.05, 0) is 12.8 Å². The Morgan fingerprint density at radius 1 is 1.67 bits per heavy atom. The first-order valence-corrected chi connectivity index (χ1v) is 4.10. The Bertz CT molecular complexity index is 177. The first-order valence-electron chi connectivity index (χ1n) is 4.10. The van der Waals surface area contributed by atoms with E-state index < -0.39 is 17.5 Å². The Hall–Kier alpha value is -0.830. The number of aliphatic hydroxyl groups is 1. The summed E-state index contributed by atoms with van der Waals surface area (Å²) in [5.41, 5.74) is -1.26. The molecule has 2 unspecified atom stereocenters. The lowest BCUT2D eigenvalue weighted by Crippen LogP contribution is -2.39. The van der Waals surface area contributed by atoms with Crippen LogP contribution in [0, 0.1) is 5.92 Å². The number of carboxylic acids is 1. The third-order valence-electron chi connectivity index (χ3n) is 2.23. The molecule has 0 heterocycles. The molecular weight excluding hydrogens is 156 g/mol. The Balaban J connectivity index is 4.66. The molecule has 0 amide bonds. The molecule has 0 aromatic rings. The summed E-state index contributed by atoms with van der Waals surface area (Å²) in [5, 5.41) is 18.5. The summed E-state index contributed by atoms with van der Waals surface area (Å²) in [6.45, 7) is 6.92. The third kappa shape index (κ3) is 2.08. The lowest BCUT2D eigenvalue weighted by Gasteiger charge is -2.28. The molecule has 0 saturated carbocycles. The predicted octanol–water partition coefficient (Wildman–Crippen LogP) is 1.42. The molecule has 0 aliphatic carbocycles. The van der Waals surface area contributed by atoms with E-state index in [0.29, 0.717) is 12.8 Å². The summed E-state index contributed by atoms with van der Waals surface area (Å²) in [4.78, 5) is 10.7.